The van der Waals surface area contributed by atoms with Crippen molar-refractivity contribution in [3.8, 4) is 0 Å². The summed E-state index contributed by atoms with van der Waals surface area (Å²) in [4.78, 5) is 34.6. The summed E-state index contributed by atoms with van der Waals surface area (Å²) in [5, 5.41) is 11.0. The molecule has 0 bridgehead atoms. The highest BCUT2D eigenvalue weighted by molar-refractivity contribution is 5.96. The third-order valence-corrected chi connectivity index (χ3v) is 3.30. The molecule has 0 fully saturated rings. The zero-order valence-electron chi connectivity index (χ0n) is 13.9. The number of rotatable bonds is 9. The van der Waals surface area contributed by atoms with Gasteiger partial charge >= 0.3 is 11.9 Å². The van der Waals surface area contributed by atoms with E-state index in [1.807, 2.05) is 0 Å². The summed E-state index contributed by atoms with van der Waals surface area (Å²) in [5.74, 6) is -7.15. The highest BCUT2D eigenvalue weighted by Gasteiger charge is 2.41. The van der Waals surface area contributed by atoms with Crippen molar-refractivity contribution in [1.82, 2.24) is 0 Å². The Balaban J connectivity index is 3.33. The van der Waals surface area contributed by atoms with Crippen molar-refractivity contribution in [3.05, 3.63) is 45.5 Å². The van der Waals surface area contributed by atoms with Gasteiger partial charge in [-0.15, -0.1) is 0 Å². The highest BCUT2D eigenvalue weighted by Crippen LogP contribution is 2.29. The van der Waals surface area contributed by atoms with Crippen LogP contribution in [0.5, 0.6) is 0 Å². The number of benzene rings is 1. The lowest BCUT2D eigenvalue weighted by molar-refractivity contribution is -0.484. The minimum atomic E-state index is -1.70. The quantitative estimate of drug-likeness (QED) is 0.291. The normalized spacial score (nSPS) is 13.0. The van der Waals surface area contributed by atoms with Gasteiger partial charge in [-0.3, -0.25) is 19.7 Å². The zero-order chi connectivity index (χ0) is 19.0. The van der Waals surface area contributed by atoms with Crippen molar-refractivity contribution in [2.75, 3.05) is 19.8 Å². The summed E-state index contributed by atoms with van der Waals surface area (Å²) in [6.07, 6.45) is 0.468. The fourth-order valence-electron chi connectivity index (χ4n) is 2.30. The average Bonchev–Trinajstić information content (AvgIpc) is 2.51. The highest BCUT2D eigenvalue weighted by atomic mass is 19.1. The molecule has 0 N–H and O–H groups in total. The molecule has 0 spiro atoms. The van der Waals surface area contributed by atoms with Crippen molar-refractivity contribution in [2.24, 2.45) is 5.92 Å². The first kappa shape index (κ1) is 20.5. The second kappa shape index (κ2) is 9.65. The molecule has 138 valence electrons. The summed E-state index contributed by atoms with van der Waals surface area (Å²) < 4.78 is 36.7. The van der Waals surface area contributed by atoms with Crippen molar-refractivity contribution in [2.45, 2.75) is 26.2 Å². The van der Waals surface area contributed by atoms with Gasteiger partial charge < -0.3 is 9.47 Å². The molecule has 0 aliphatic carbocycles. The molecular weight excluding hydrogens is 340 g/mol. The lowest BCUT2D eigenvalue weighted by Gasteiger charge is -2.22. The summed E-state index contributed by atoms with van der Waals surface area (Å²) in [6.45, 7) is 2.25. The fraction of sp³-hybridized carbons (Fsp3) is 0.500. The largest absolute Gasteiger partial charge is 0.465 e. The molecule has 0 aromatic heterocycles. The summed E-state index contributed by atoms with van der Waals surface area (Å²) in [7, 11) is 0. The Morgan fingerprint density at radius 1 is 1.12 bits per heavy atom. The van der Waals surface area contributed by atoms with Crippen LogP contribution in [-0.4, -0.2) is 36.6 Å². The van der Waals surface area contributed by atoms with E-state index >= 15 is 0 Å². The van der Waals surface area contributed by atoms with Crippen molar-refractivity contribution in [1.29, 1.82) is 0 Å². The number of nitro groups is 1. The van der Waals surface area contributed by atoms with Gasteiger partial charge in [0, 0.05) is 11.0 Å². The van der Waals surface area contributed by atoms with Crippen molar-refractivity contribution < 1.29 is 32.8 Å². The number of ether oxygens (including phenoxy) is 2. The molecular formula is C16H19F2NO6. The van der Waals surface area contributed by atoms with Crippen LogP contribution < -0.4 is 0 Å². The van der Waals surface area contributed by atoms with E-state index in [9.17, 15) is 28.5 Å². The van der Waals surface area contributed by atoms with E-state index in [2.05, 4.69) is 0 Å². The van der Waals surface area contributed by atoms with Crippen LogP contribution in [0.2, 0.25) is 0 Å². The first-order valence-electron chi connectivity index (χ1n) is 7.71. The molecule has 2 atom stereocenters. The molecule has 0 radical (unpaired) electrons. The van der Waals surface area contributed by atoms with Crippen LogP contribution >= 0.6 is 0 Å². The Morgan fingerprint density at radius 3 is 2.16 bits per heavy atom. The third-order valence-electron chi connectivity index (χ3n) is 3.30. The summed E-state index contributed by atoms with van der Waals surface area (Å²) >= 11 is 0. The van der Waals surface area contributed by atoms with Crippen molar-refractivity contribution >= 4 is 11.9 Å². The molecule has 0 aliphatic rings. The van der Waals surface area contributed by atoms with Crippen LogP contribution in [-0.2, 0) is 19.1 Å². The Hall–Kier alpha value is -2.58. The number of hydrogen-bond donors (Lipinski definition) is 0. The van der Waals surface area contributed by atoms with Crippen LogP contribution in [0.15, 0.2) is 18.2 Å². The third kappa shape index (κ3) is 6.09. The molecule has 1 rings (SSSR count). The Kier molecular flexibility index (Phi) is 7.90. The number of halogens is 2. The predicted molar refractivity (Wildman–Crippen MR) is 82.3 cm³/mol. The lowest BCUT2D eigenvalue weighted by atomic mass is 9.85. The van der Waals surface area contributed by atoms with Gasteiger partial charge in [-0.05, 0) is 31.0 Å². The number of hydrogen-bond acceptors (Lipinski definition) is 6. The predicted octanol–water partition coefficient (Wildman–Crippen LogP) is 2.46. The molecule has 7 nitrogen and oxygen atoms in total. The van der Waals surface area contributed by atoms with E-state index in [1.165, 1.54) is 6.92 Å². The first-order valence-corrected chi connectivity index (χ1v) is 7.71. The average molecular weight is 359 g/mol. The van der Waals surface area contributed by atoms with E-state index in [1.54, 1.807) is 6.92 Å². The van der Waals surface area contributed by atoms with Crippen molar-refractivity contribution in [3.63, 3.8) is 0 Å². The molecule has 0 aliphatic heterocycles. The first-order chi connectivity index (χ1) is 11.8. The summed E-state index contributed by atoms with van der Waals surface area (Å²) in [6, 6.07) is 2.27. The lowest BCUT2D eigenvalue weighted by Crippen LogP contribution is -2.36. The molecule has 1 unspecified atom stereocenters. The molecule has 0 heterocycles. The van der Waals surface area contributed by atoms with Gasteiger partial charge in [-0.25, -0.2) is 8.78 Å². The van der Waals surface area contributed by atoms with Gasteiger partial charge in [0.1, 0.15) is 11.6 Å². The van der Waals surface area contributed by atoms with Gasteiger partial charge in [0.15, 0.2) is 5.92 Å². The van der Waals surface area contributed by atoms with Crippen LogP contribution in [0, 0.1) is 27.7 Å². The van der Waals surface area contributed by atoms with E-state index in [-0.39, 0.29) is 18.8 Å². The standard InChI is InChI=1S/C16H19F2NO6/c1-3-5-25-16(21)14(15(20)24-4-2)13(9-19(22)23)10-6-11(17)8-12(18)7-10/h6-8,13-14H,3-5,9H2,1-2H3/t13-,14?/m0/s1. The minimum Gasteiger partial charge on any atom is -0.465 e. The van der Waals surface area contributed by atoms with Crippen LogP contribution in [0.1, 0.15) is 31.7 Å². The number of carbonyl (C=O) groups is 2. The van der Waals surface area contributed by atoms with E-state index in [0.29, 0.717) is 12.5 Å². The maximum absolute atomic E-state index is 13.5. The van der Waals surface area contributed by atoms with E-state index < -0.39 is 46.9 Å². The van der Waals surface area contributed by atoms with Crippen LogP contribution in [0.25, 0.3) is 0 Å². The second-order valence-electron chi connectivity index (χ2n) is 5.22. The fourth-order valence-corrected chi connectivity index (χ4v) is 2.30. The smallest absolute Gasteiger partial charge is 0.321 e. The number of carbonyl (C=O) groups excluding carboxylic acids is 2. The number of esters is 2. The van der Waals surface area contributed by atoms with Gasteiger partial charge in [0.05, 0.1) is 19.1 Å². The molecule has 1 aromatic rings. The zero-order valence-corrected chi connectivity index (χ0v) is 13.9. The van der Waals surface area contributed by atoms with Gasteiger partial charge in [0.25, 0.3) is 0 Å². The van der Waals surface area contributed by atoms with E-state index in [4.69, 9.17) is 9.47 Å². The molecule has 0 saturated heterocycles. The molecule has 0 amide bonds. The molecule has 1 aromatic carbocycles. The maximum atomic E-state index is 13.5. The van der Waals surface area contributed by atoms with Gasteiger partial charge in [0.2, 0.25) is 6.54 Å². The Bertz CT molecular complexity index is 617. The topological polar surface area (TPSA) is 95.7 Å². The SMILES string of the molecule is CCCOC(=O)C(C(=O)OCC)[C@@H](C[N+](=O)[O-])c1cc(F)cc(F)c1. The van der Waals surface area contributed by atoms with E-state index in [0.717, 1.165) is 12.1 Å². The number of nitrogens with zero attached hydrogens (tertiary/aromatic N) is 1. The maximum Gasteiger partial charge on any atom is 0.321 e. The monoisotopic (exact) mass is 359 g/mol. The molecule has 25 heavy (non-hydrogen) atoms. The van der Waals surface area contributed by atoms with Crippen LogP contribution in [0.4, 0.5) is 8.78 Å². The van der Waals surface area contributed by atoms with Gasteiger partial charge in [-0.2, -0.15) is 0 Å². The van der Waals surface area contributed by atoms with Gasteiger partial charge in [-0.1, -0.05) is 6.92 Å². The Labute approximate surface area is 143 Å². The molecule has 9 heteroatoms. The summed E-state index contributed by atoms with van der Waals surface area (Å²) in [5.41, 5.74) is -0.194. The molecule has 0 saturated carbocycles. The van der Waals surface area contributed by atoms with Crippen LogP contribution in [0.3, 0.4) is 0 Å². The minimum absolute atomic E-state index is 0.00255. The second-order valence-corrected chi connectivity index (χ2v) is 5.22. The Morgan fingerprint density at radius 2 is 1.68 bits per heavy atom.